The molecule has 0 aliphatic rings. The first kappa shape index (κ1) is 10.3. The molecule has 2 N–H and O–H groups in total. The zero-order valence-corrected chi connectivity index (χ0v) is 7.49. The van der Waals surface area contributed by atoms with Gasteiger partial charge in [-0.25, -0.2) is 9.59 Å². The van der Waals surface area contributed by atoms with Crippen LogP contribution in [-0.2, 0) is 0 Å². The predicted molar refractivity (Wildman–Crippen MR) is 46.9 cm³/mol. The van der Waals surface area contributed by atoms with Crippen LogP contribution in [0, 0.1) is 0 Å². The molecule has 0 radical (unpaired) electrons. The highest BCUT2D eigenvalue weighted by Gasteiger charge is 2.10. The van der Waals surface area contributed by atoms with Gasteiger partial charge in [0, 0.05) is 17.7 Å². The van der Waals surface area contributed by atoms with E-state index in [-0.39, 0.29) is 11.3 Å². The van der Waals surface area contributed by atoms with Crippen molar-refractivity contribution in [1.82, 2.24) is 0 Å². The Balaban J connectivity index is 3.00. The number of carbonyl (C=O) groups is 2. The van der Waals surface area contributed by atoms with Gasteiger partial charge in [-0.05, 0) is 12.1 Å². The Morgan fingerprint density at radius 1 is 1.36 bits per heavy atom. The monoisotopic (exact) mass is 216 g/mol. The highest BCUT2D eigenvalue weighted by atomic mass is 35.5. The maximum atomic E-state index is 10.5. The molecule has 0 aliphatic carbocycles. The molecule has 0 spiro atoms. The summed E-state index contributed by atoms with van der Waals surface area (Å²) < 4.78 is 4.40. The molecule has 0 saturated heterocycles. The van der Waals surface area contributed by atoms with E-state index in [9.17, 15) is 9.59 Å². The van der Waals surface area contributed by atoms with Crippen LogP contribution in [0.3, 0.4) is 0 Å². The highest BCUT2D eigenvalue weighted by molar-refractivity contribution is 6.61. The predicted octanol–water partition coefficient (Wildman–Crippen LogP) is 1.83. The second kappa shape index (κ2) is 3.97. The van der Waals surface area contributed by atoms with E-state index in [0.717, 1.165) is 12.1 Å². The summed E-state index contributed by atoms with van der Waals surface area (Å²) in [7, 11) is 0. The minimum atomic E-state index is -1.27. The van der Waals surface area contributed by atoms with Crippen LogP contribution in [0.25, 0.3) is 0 Å². The summed E-state index contributed by atoms with van der Waals surface area (Å²) in [6.45, 7) is 0. The summed E-state index contributed by atoms with van der Waals surface area (Å²) in [5.41, 5.74) is -1.34. The number of benzene rings is 1. The van der Waals surface area contributed by atoms with Crippen LogP contribution in [0.4, 0.5) is 4.79 Å². The van der Waals surface area contributed by atoms with Gasteiger partial charge in [0.1, 0.15) is 17.1 Å². The number of carboxylic acids is 1. The van der Waals surface area contributed by atoms with Crippen molar-refractivity contribution in [2.24, 2.45) is 0 Å². The maximum absolute atomic E-state index is 10.5. The molecule has 74 valence electrons. The molecule has 0 heterocycles. The molecule has 0 amide bonds. The summed E-state index contributed by atoms with van der Waals surface area (Å²) in [4.78, 5) is 20.7. The third kappa shape index (κ3) is 2.37. The molecule has 0 unspecified atom stereocenters. The lowest BCUT2D eigenvalue weighted by atomic mass is 10.2. The van der Waals surface area contributed by atoms with Gasteiger partial charge < -0.3 is 14.9 Å². The zero-order valence-electron chi connectivity index (χ0n) is 6.73. The highest BCUT2D eigenvalue weighted by Crippen LogP contribution is 2.23. The Morgan fingerprint density at radius 2 is 2.00 bits per heavy atom. The molecule has 1 aromatic rings. The van der Waals surface area contributed by atoms with E-state index in [0.29, 0.717) is 0 Å². The van der Waals surface area contributed by atoms with Crippen molar-refractivity contribution >= 4 is 23.0 Å². The number of aromatic hydroxyl groups is 1. The van der Waals surface area contributed by atoms with Gasteiger partial charge in [-0.3, -0.25) is 0 Å². The van der Waals surface area contributed by atoms with Crippen molar-refractivity contribution in [3.8, 4) is 11.5 Å². The van der Waals surface area contributed by atoms with Crippen molar-refractivity contribution in [2.45, 2.75) is 0 Å². The summed E-state index contributed by atoms with van der Waals surface area (Å²) in [5, 5.41) is 17.7. The Hall–Kier alpha value is -1.75. The van der Waals surface area contributed by atoms with E-state index < -0.39 is 17.1 Å². The minimum absolute atomic E-state index is 0.0208. The summed E-state index contributed by atoms with van der Waals surface area (Å²) >= 11 is 4.91. The van der Waals surface area contributed by atoms with Crippen molar-refractivity contribution in [1.29, 1.82) is 0 Å². The molecular formula is C8H5ClO5. The van der Waals surface area contributed by atoms with Crippen LogP contribution in [0.2, 0.25) is 0 Å². The third-order valence-electron chi connectivity index (χ3n) is 1.40. The molecule has 1 aromatic carbocycles. The van der Waals surface area contributed by atoms with E-state index in [1.54, 1.807) is 0 Å². The van der Waals surface area contributed by atoms with Crippen molar-refractivity contribution < 1.29 is 24.5 Å². The largest absolute Gasteiger partial charge is 0.507 e. The van der Waals surface area contributed by atoms with E-state index in [4.69, 9.17) is 21.8 Å². The number of hydrogen-bond acceptors (Lipinski definition) is 4. The van der Waals surface area contributed by atoms with Crippen LogP contribution in [0.15, 0.2) is 18.2 Å². The van der Waals surface area contributed by atoms with Gasteiger partial charge in [0.15, 0.2) is 0 Å². The summed E-state index contributed by atoms with van der Waals surface area (Å²) in [6.07, 6.45) is 0. The lowest BCUT2D eigenvalue weighted by molar-refractivity contribution is 0.0693. The topological polar surface area (TPSA) is 83.8 Å². The number of hydrogen-bond donors (Lipinski definition) is 2. The SMILES string of the molecule is O=C(Cl)Oc1ccc(C(=O)O)c(O)c1. The fourth-order valence-electron chi connectivity index (χ4n) is 0.848. The van der Waals surface area contributed by atoms with Crippen LogP contribution in [-0.4, -0.2) is 21.6 Å². The average Bonchev–Trinajstić information content (AvgIpc) is 2.01. The molecule has 0 aliphatic heterocycles. The molecule has 0 fully saturated rings. The van der Waals surface area contributed by atoms with Gasteiger partial charge in [-0.15, -0.1) is 0 Å². The summed E-state index contributed by atoms with van der Waals surface area (Å²) in [6, 6.07) is 3.31. The lowest BCUT2D eigenvalue weighted by Crippen LogP contribution is -1.99. The van der Waals surface area contributed by atoms with E-state index in [1.807, 2.05) is 0 Å². The van der Waals surface area contributed by atoms with Gasteiger partial charge >= 0.3 is 11.4 Å². The zero-order chi connectivity index (χ0) is 10.7. The van der Waals surface area contributed by atoms with Crippen molar-refractivity contribution in [2.75, 3.05) is 0 Å². The van der Waals surface area contributed by atoms with Gasteiger partial charge in [0.05, 0.1) is 0 Å². The number of carboxylic acid groups (broad SMARTS) is 1. The van der Waals surface area contributed by atoms with Crippen LogP contribution >= 0.6 is 11.6 Å². The Morgan fingerprint density at radius 3 is 2.43 bits per heavy atom. The van der Waals surface area contributed by atoms with Gasteiger partial charge in [0.25, 0.3) is 0 Å². The second-order valence-electron chi connectivity index (χ2n) is 2.32. The Bertz CT molecular complexity index is 387. The molecule has 14 heavy (non-hydrogen) atoms. The third-order valence-corrected chi connectivity index (χ3v) is 1.47. The fraction of sp³-hybridized carbons (Fsp3) is 0. The molecule has 1 rings (SSSR count). The molecule has 6 heteroatoms. The Labute approximate surface area is 83.5 Å². The first-order chi connectivity index (χ1) is 6.50. The number of rotatable bonds is 2. The smallest absolute Gasteiger partial charge is 0.409 e. The fourth-order valence-corrected chi connectivity index (χ4v) is 0.938. The maximum Gasteiger partial charge on any atom is 0.409 e. The number of halogens is 1. The number of aromatic carboxylic acids is 1. The molecule has 0 saturated carbocycles. The molecular weight excluding hydrogens is 212 g/mol. The first-order valence-electron chi connectivity index (χ1n) is 3.44. The quantitative estimate of drug-likeness (QED) is 0.737. The molecule has 0 atom stereocenters. The van der Waals surface area contributed by atoms with Crippen molar-refractivity contribution in [3.63, 3.8) is 0 Å². The lowest BCUT2D eigenvalue weighted by Gasteiger charge is -2.02. The first-order valence-corrected chi connectivity index (χ1v) is 3.82. The Kier molecular flexibility index (Phi) is 2.93. The van der Waals surface area contributed by atoms with Crippen LogP contribution < -0.4 is 4.74 Å². The van der Waals surface area contributed by atoms with E-state index in [2.05, 4.69) is 4.74 Å². The molecule has 5 nitrogen and oxygen atoms in total. The second-order valence-corrected chi connectivity index (χ2v) is 2.63. The van der Waals surface area contributed by atoms with Gasteiger partial charge in [-0.1, -0.05) is 0 Å². The van der Waals surface area contributed by atoms with E-state index >= 15 is 0 Å². The summed E-state index contributed by atoms with van der Waals surface area (Å²) in [5.74, 6) is -1.79. The number of carbonyl (C=O) groups excluding carboxylic acids is 1. The standard InChI is InChI=1S/C8H5ClO5/c9-8(13)14-4-1-2-5(7(11)12)6(10)3-4/h1-3,10H,(H,11,12). The van der Waals surface area contributed by atoms with Crippen LogP contribution in [0.5, 0.6) is 11.5 Å². The normalized spacial score (nSPS) is 9.50. The molecule has 0 bridgehead atoms. The average molecular weight is 217 g/mol. The number of ether oxygens (including phenoxy) is 1. The minimum Gasteiger partial charge on any atom is -0.507 e. The molecule has 0 aromatic heterocycles. The van der Waals surface area contributed by atoms with Gasteiger partial charge in [-0.2, -0.15) is 0 Å². The van der Waals surface area contributed by atoms with Crippen LogP contribution in [0.1, 0.15) is 10.4 Å². The van der Waals surface area contributed by atoms with Gasteiger partial charge in [0.2, 0.25) is 0 Å². The van der Waals surface area contributed by atoms with Crippen molar-refractivity contribution in [3.05, 3.63) is 23.8 Å². The number of phenols is 1. The van der Waals surface area contributed by atoms with E-state index in [1.165, 1.54) is 6.07 Å².